The number of allylic oxidation sites excluding steroid dienone is 1. The number of hydrogen-bond donors (Lipinski definition) is 1. The van der Waals surface area contributed by atoms with Gasteiger partial charge in [-0.25, -0.2) is 13.8 Å². The first-order valence-corrected chi connectivity index (χ1v) is 7.32. The maximum absolute atomic E-state index is 13.5. The molecule has 0 unspecified atom stereocenters. The fourth-order valence-electron chi connectivity index (χ4n) is 2.49. The quantitative estimate of drug-likeness (QED) is 0.739. The third-order valence-corrected chi connectivity index (χ3v) is 3.58. The van der Waals surface area contributed by atoms with Gasteiger partial charge in [-0.15, -0.1) is 6.58 Å². The molecule has 0 radical (unpaired) electrons. The van der Waals surface area contributed by atoms with Gasteiger partial charge in [-0.1, -0.05) is 6.08 Å². The molecule has 0 fully saturated rings. The molecule has 0 spiro atoms. The van der Waals surface area contributed by atoms with Crippen LogP contribution in [0.15, 0.2) is 49.3 Å². The molecule has 2 aromatic heterocycles. The van der Waals surface area contributed by atoms with E-state index >= 15 is 0 Å². The number of nitrogens with two attached hydrogens (primary N) is 1. The number of aromatic nitrogens is 3. The lowest BCUT2D eigenvalue weighted by atomic mass is 10.0. The zero-order valence-corrected chi connectivity index (χ0v) is 13.1. The molecule has 0 saturated carbocycles. The summed E-state index contributed by atoms with van der Waals surface area (Å²) in [6.07, 6.45) is 4.99. The van der Waals surface area contributed by atoms with Crippen molar-refractivity contribution < 1.29 is 8.78 Å². The minimum absolute atomic E-state index is 0.0175. The molecule has 124 valence electrons. The van der Waals surface area contributed by atoms with Gasteiger partial charge in [0.05, 0.1) is 18.4 Å². The molecule has 2 N–H and O–H groups in total. The van der Waals surface area contributed by atoms with Crippen LogP contribution in [0.5, 0.6) is 0 Å². The number of halogens is 2. The molecule has 2 heterocycles. The molecule has 0 atom stereocenters. The molecular formula is C18H13F2N5. The van der Waals surface area contributed by atoms with E-state index in [4.69, 9.17) is 5.73 Å². The lowest BCUT2D eigenvalue weighted by molar-refractivity contribution is 0.584. The highest BCUT2D eigenvalue weighted by molar-refractivity contribution is 5.79. The highest BCUT2D eigenvalue weighted by atomic mass is 19.1. The van der Waals surface area contributed by atoms with E-state index in [0.29, 0.717) is 17.7 Å². The second-order valence-electron chi connectivity index (χ2n) is 5.32. The molecule has 0 saturated heterocycles. The van der Waals surface area contributed by atoms with E-state index in [2.05, 4.69) is 16.7 Å². The summed E-state index contributed by atoms with van der Waals surface area (Å²) >= 11 is 0. The minimum atomic E-state index is -0.722. The van der Waals surface area contributed by atoms with Crippen LogP contribution in [0.25, 0.3) is 22.4 Å². The molecule has 3 rings (SSSR count). The van der Waals surface area contributed by atoms with E-state index < -0.39 is 11.6 Å². The predicted octanol–water partition coefficient (Wildman–Crippen LogP) is 3.53. The fraction of sp³-hybridized carbons (Fsp3) is 0.0556. The van der Waals surface area contributed by atoms with Gasteiger partial charge in [-0.2, -0.15) is 10.4 Å². The van der Waals surface area contributed by atoms with Crippen molar-refractivity contribution in [2.75, 3.05) is 5.73 Å². The van der Waals surface area contributed by atoms with Gasteiger partial charge in [-0.05, 0) is 18.2 Å². The van der Waals surface area contributed by atoms with Crippen LogP contribution in [0.2, 0.25) is 0 Å². The smallest absolute Gasteiger partial charge is 0.142 e. The largest absolute Gasteiger partial charge is 0.383 e. The van der Waals surface area contributed by atoms with Crippen LogP contribution >= 0.6 is 0 Å². The van der Waals surface area contributed by atoms with Crippen molar-refractivity contribution in [2.45, 2.75) is 6.54 Å². The van der Waals surface area contributed by atoms with E-state index in [0.717, 1.165) is 18.2 Å². The summed E-state index contributed by atoms with van der Waals surface area (Å²) in [7, 11) is 0. The number of nitrogens with zero attached hydrogens (tertiary/aromatic N) is 4. The molecule has 5 nitrogen and oxygen atoms in total. The molecule has 7 heteroatoms. The Balaban J connectivity index is 2.18. The fourth-order valence-corrected chi connectivity index (χ4v) is 2.49. The van der Waals surface area contributed by atoms with Crippen molar-refractivity contribution in [2.24, 2.45) is 0 Å². The Bertz CT molecular complexity index is 981. The summed E-state index contributed by atoms with van der Waals surface area (Å²) in [4.78, 5) is 4.10. The normalized spacial score (nSPS) is 10.4. The van der Waals surface area contributed by atoms with Gasteiger partial charge in [0.25, 0.3) is 0 Å². The SMILES string of the molecule is C=CCn1cc(-c2cc(-c3cc(F)cc(F)c3)nc(N)c2C#N)cn1. The maximum Gasteiger partial charge on any atom is 0.142 e. The van der Waals surface area contributed by atoms with Crippen LogP contribution in [0, 0.1) is 23.0 Å². The Morgan fingerprint density at radius 1 is 1.20 bits per heavy atom. The van der Waals surface area contributed by atoms with Crippen LogP contribution in [-0.4, -0.2) is 14.8 Å². The van der Waals surface area contributed by atoms with Gasteiger partial charge in [0.1, 0.15) is 29.1 Å². The maximum atomic E-state index is 13.5. The molecule has 3 aromatic rings. The monoisotopic (exact) mass is 337 g/mol. The molecule has 0 aliphatic heterocycles. The summed E-state index contributed by atoms with van der Waals surface area (Å²) in [5.41, 5.74) is 7.69. The molecule has 0 aliphatic carbocycles. The third-order valence-electron chi connectivity index (χ3n) is 3.58. The molecule has 0 bridgehead atoms. The highest BCUT2D eigenvalue weighted by Crippen LogP contribution is 2.31. The summed E-state index contributed by atoms with van der Waals surface area (Å²) in [5, 5.41) is 13.6. The zero-order chi connectivity index (χ0) is 18.0. The van der Waals surface area contributed by atoms with Crippen LogP contribution in [-0.2, 0) is 6.54 Å². The zero-order valence-electron chi connectivity index (χ0n) is 13.1. The second-order valence-corrected chi connectivity index (χ2v) is 5.32. The van der Waals surface area contributed by atoms with E-state index in [1.165, 1.54) is 0 Å². The molecule has 25 heavy (non-hydrogen) atoms. The van der Waals surface area contributed by atoms with E-state index in [-0.39, 0.29) is 22.6 Å². The second kappa shape index (κ2) is 6.53. The molecule has 0 amide bonds. The Hall–Kier alpha value is -3.53. The minimum Gasteiger partial charge on any atom is -0.383 e. The number of nitriles is 1. The van der Waals surface area contributed by atoms with E-state index in [9.17, 15) is 14.0 Å². The number of pyridine rings is 1. The van der Waals surface area contributed by atoms with Crippen molar-refractivity contribution in [1.29, 1.82) is 5.26 Å². The first-order valence-electron chi connectivity index (χ1n) is 7.32. The van der Waals surface area contributed by atoms with Gasteiger partial charge < -0.3 is 5.73 Å². The number of nitrogen functional groups attached to an aromatic ring is 1. The average molecular weight is 337 g/mol. The summed E-state index contributed by atoms with van der Waals surface area (Å²) in [5.74, 6) is -1.46. The topological polar surface area (TPSA) is 80.5 Å². The predicted molar refractivity (Wildman–Crippen MR) is 90.1 cm³/mol. The Kier molecular flexibility index (Phi) is 4.27. The summed E-state index contributed by atoms with van der Waals surface area (Å²) in [6, 6.07) is 6.66. The van der Waals surface area contributed by atoms with Crippen LogP contribution in [0.3, 0.4) is 0 Å². The number of benzene rings is 1. The van der Waals surface area contributed by atoms with Crippen LogP contribution < -0.4 is 5.73 Å². The lowest BCUT2D eigenvalue weighted by Crippen LogP contribution is -2.00. The summed E-state index contributed by atoms with van der Waals surface area (Å²) < 4.78 is 28.6. The van der Waals surface area contributed by atoms with Gasteiger partial charge in [0.2, 0.25) is 0 Å². The van der Waals surface area contributed by atoms with Crippen molar-refractivity contribution in [3.63, 3.8) is 0 Å². The van der Waals surface area contributed by atoms with Crippen molar-refractivity contribution >= 4 is 5.82 Å². The van der Waals surface area contributed by atoms with Crippen molar-refractivity contribution in [3.8, 4) is 28.5 Å². The first-order chi connectivity index (χ1) is 12.0. The van der Waals surface area contributed by atoms with Gasteiger partial charge in [0.15, 0.2) is 0 Å². The third kappa shape index (κ3) is 3.23. The lowest BCUT2D eigenvalue weighted by Gasteiger charge is -2.09. The van der Waals surface area contributed by atoms with Gasteiger partial charge in [-0.3, -0.25) is 4.68 Å². The van der Waals surface area contributed by atoms with Gasteiger partial charge >= 0.3 is 0 Å². The average Bonchev–Trinajstić information content (AvgIpc) is 3.02. The Labute approximate surface area is 142 Å². The van der Waals surface area contributed by atoms with E-state index in [1.807, 2.05) is 6.07 Å². The number of anilines is 1. The van der Waals surface area contributed by atoms with Crippen molar-refractivity contribution in [3.05, 3.63) is 66.5 Å². The first kappa shape index (κ1) is 16.3. The Morgan fingerprint density at radius 2 is 1.92 bits per heavy atom. The Morgan fingerprint density at radius 3 is 2.56 bits per heavy atom. The van der Waals surface area contributed by atoms with E-state index in [1.54, 1.807) is 29.2 Å². The summed E-state index contributed by atoms with van der Waals surface area (Å²) in [6.45, 7) is 4.15. The number of hydrogen-bond acceptors (Lipinski definition) is 4. The van der Waals surface area contributed by atoms with Crippen LogP contribution in [0.1, 0.15) is 5.56 Å². The standard InChI is InChI=1S/C18H13F2N5/c1-2-3-25-10-12(9-23-25)15-7-17(24-18(22)16(15)8-21)11-4-13(19)6-14(20)5-11/h2,4-7,9-10H,1,3H2,(H2,22,24). The van der Waals surface area contributed by atoms with Gasteiger partial charge in [0, 0.05) is 29.0 Å². The molecular weight excluding hydrogens is 324 g/mol. The number of rotatable bonds is 4. The van der Waals surface area contributed by atoms with Crippen LogP contribution in [0.4, 0.5) is 14.6 Å². The van der Waals surface area contributed by atoms with Crippen molar-refractivity contribution in [1.82, 2.24) is 14.8 Å². The molecule has 1 aromatic carbocycles. The molecule has 0 aliphatic rings. The highest BCUT2D eigenvalue weighted by Gasteiger charge is 2.15.